The van der Waals surface area contributed by atoms with Gasteiger partial charge in [0.05, 0.1) is 12.6 Å². The minimum absolute atomic E-state index is 0.215. The molecule has 4 heteroatoms. The molecule has 1 aromatic carbocycles. The number of benzene rings is 1. The van der Waals surface area contributed by atoms with Gasteiger partial charge in [-0.3, -0.25) is 4.79 Å². The number of hydrogen-bond donors (Lipinski definition) is 1. The highest BCUT2D eigenvalue weighted by molar-refractivity contribution is 8.00. The lowest BCUT2D eigenvalue weighted by molar-refractivity contribution is -0.142. The fourth-order valence-electron chi connectivity index (χ4n) is 1.64. The second-order valence-electron chi connectivity index (χ2n) is 3.98. The summed E-state index contributed by atoms with van der Waals surface area (Å²) in [6.45, 7) is 4.29. The number of carbonyl (C=O) groups is 1. The molecule has 0 amide bonds. The van der Waals surface area contributed by atoms with Crippen molar-refractivity contribution in [1.82, 2.24) is 0 Å². The summed E-state index contributed by atoms with van der Waals surface area (Å²) in [6, 6.07) is 9.38. The van der Waals surface area contributed by atoms with Crippen LogP contribution in [-0.2, 0) is 9.53 Å². The first-order chi connectivity index (χ1) is 8.70. The highest BCUT2D eigenvalue weighted by Gasteiger charge is 2.28. The number of rotatable bonds is 7. The van der Waals surface area contributed by atoms with Crippen molar-refractivity contribution in [3.8, 4) is 0 Å². The molecule has 1 rings (SSSR count). The summed E-state index contributed by atoms with van der Waals surface area (Å²) in [6.07, 6.45) is 1.02. The van der Waals surface area contributed by atoms with Gasteiger partial charge in [0.25, 0.3) is 0 Å². The molecule has 0 aromatic heterocycles. The van der Waals surface area contributed by atoms with Gasteiger partial charge in [-0.25, -0.2) is 0 Å². The van der Waals surface area contributed by atoms with Crippen molar-refractivity contribution in [2.24, 2.45) is 5.73 Å². The van der Waals surface area contributed by atoms with Gasteiger partial charge in [0.1, 0.15) is 5.25 Å². The van der Waals surface area contributed by atoms with Crippen LogP contribution in [-0.4, -0.2) is 23.6 Å². The van der Waals surface area contributed by atoms with Crippen LogP contribution in [0, 0.1) is 0 Å². The Bertz CT molecular complexity index is 356. The smallest absolute Gasteiger partial charge is 0.321 e. The zero-order valence-electron chi connectivity index (χ0n) is 11.0. The summed E-state index contributed by atoms with van der Waals surface area (Å²) >= 11 is 1.57. The van der Waals surface area contributed by atoms with E-state index in [0.29, 0.717) is 6.61 Å². The molecule has 2 unspecified atom stereocenters. The normalized spacial score (nSPS) is 13.9. The first-order valence-corrected chi connectivity index (χ1v) is 7.34. The van der Waals surface area contributed by atoms with E-state index in [-0.39, 0.29) is 17.3 Å². The van der Waals surface area contributed by atoms with Gasteiger partial charge in [0, 0.05) is 0 Å². The minimum Gasteiger partial charge on any atom is -0.465 e. The molecule has 2 N–H and O–H groups in total. The molecule has 0 heterocycles. The van der Waals surface area contributed by atoms with Crippen LogP contribution in [0.3, 0.4) is 0 Å². The molecule has 0 spiro atoms. The van der Waals surface area contributed by atoms with Gasteiger partial charge in [-0.15, -0.1) is 11.8 Å². The molecule has 0 aliphatic carbocycles. The summed E-state index contributed by atoms with van der Waals surface area (Å²) in [5.41, 5.74) is 7.16. The Labute approximate surface area is 113 Å². The fourth-order valence-corrected chi connectivity index (χ4v) is 2.70. The van der Waals surface area contributed by atoms with Gasteiger partial charge in [0.15, 0.2) is 0 Å². The van der Waals surface area contributed by atoms with Crippen molar-refractivity contribution in [3.63, 3.8) is 0 Å². The molecule has 0 saturated heterocycles. The van der Waals surface area contributed by atoms with E-state index in [1.807, 2.05) is 37.3 Å². The number of hydrogen-bond acceptors (Lipinski definition) is 4. The van der Waals surface area contributed by atoms with E-state index in [4.69, 9.17) is 10.5 Å². The molecule has 3 nitrogen and oxygen atoms in total. The molecular weight excluding hydrogens is 246 g/mol. The van der Waals surface area contributed by atoms with Crippen molar-refractivity contribution < 1.29 is 9.53 Å². The molecule has 0 bridgehead atoms. The van der Waals surface area contributed by atoms with Crippen LogP contribution in [0.4, 0.5) is 0 Å². The Hall–Kier alpha value is -1.00. The van der Waals surface area contributed by atoms with Crippen LogP contribution in [0.5, 0.6) is 0 Å². The van der Waals surface area contributed by atoms with E-state index < -0.39 is 0 Å². The molecule has 2 atom stereocenters. The van der Waals surface area contributed by atoms with Crippen molar-refractivity contribution in [1.29, 1.82) is 0 Å². The van der Waals surface area contributed by atoms with Crippen LogP contribution in [0.2, 0.25) is 0 Å². The van der Waals surface area contributed by atoms with Gasteiger partial charge in [-0.05, 0) is 24.7 Å². The third kappa shape index (κ3) is 4.35. The predicted octanol–water partition coefficient (Wildman–Crippen LogP) is 2.76. The maximum atomic E-state index is 11.9. The lowest BCUT2D eigenvalue weighted by Crippen LogP contribution is -2.33. The maximum Gasteiger partial charge on any atom is 0.321 e. The fraction of sp³-hybridized carbons (Fsp3) is 0.500. The standard InChI is InChI=1S/C14H21NO2S/c1-3-10-18-13(14(16)17-4-2)12(15)11-8-6-5-7-9-11/h5-9,12-13H,3-4,10,15H2,1-2H3. The van der Waals surface area contributed by atoms with Gasteiger partial charge < -0.3 is 10.5 Å². The predicted molar refractivity (Wildman–Crippen MR) is 76.5 cm³/mol. The van der Waals surface area contributed by atoms with Crippen molar-refractivity contribution >= 4 is 17.7 Å². The van der Waals surface area contributed by atoms with Gasteiger partial charge in [0.2, 0.25) is 0 Å². The topological polar surface area (TPSA) is 52.3 Å². The minimum atomic E-state index is -0.327. The average Bonchev–Trinajstić information content (AvgIpc) is 2.40. The van der Waals surface area contributed by atoms with Crippen LogP contribution >= 0.6 is 11.8 Å². The average molecular weight is 267 g/mol. The monoisotopic (exact) mass is 267 g/mol. The van der Waals surface area contributed by atoms with E-state index in [0.717, 1.165) is 17.7 Å². The molecule has 100 valence electrons. The number of ether oxygens (including phenoxy) is 1. The molecular formula is C14H21NO2S. The Morgan fingerprint density at radius 1 is 1.33 bits per heavy atom. The van der Waals surface area contributed by atoms with Crippen LogP contribution in [0.1, 0.15) is 31.9 Å². The second-order valence-corrected chi connectivity index (χ2v) is 5.23. The van der Waals surface area contributed by atoms with E-state index >= 15 is 0 Å². The molecule has 1 aromatic rings. The Morgan fingerprint density at radius 3 is 2.56 bits per heavy atom. The van der Waals surface area contributed by atoms with Crippen molar-refractivity contribution in [2.75, 3.05) is 12.4 Å². The van der Waals surface area contributed by atoms with E-state index in [2.05, 4.69) is 6.92 Å². The van der Waals surface area contributed by atoms with Crippen LogP contribution in [0.25, 0.3) is 0 Å². The quantitative estimate of drug-likeness (QED) is 0.772. The Kier molecular flexibility index (Phi) is 6.83. The molecule has 0 fully saturated rings. The van der Waals surface area contributed by atoms with Gasteiger partial charge in [-0.2, -0.15) is 0 Å². The zero-order valence-corrected chi connectivity index (χ0v) is 11.8. The number of thioether (sulfide) groups is 1. The van der Waals surface area contributed by atoms with E-state index in [1.54, 1.807) is 11.8 Å². The molecule has 18 heavy (non-hydrogen) atoms. The molecule has 0 aliphatic heterocycles. The Balaban J connectivity index is 2.78. The lowest BCUT2D eigenvalue weighted by atomic mass is 10.0. The first kappa shape index (κ1) is 15.1. The van der Waals surface area contributed by atoms with E-state index in [1.165, 1.54) is 0 Å². The van der Waals surface area contributed by atoms with Gasteiger partial charge >= 0.3 is 5.97 Å². The highest BCUT2D eigenvalue weighted by atomic mass is 32.2. The summed E-state index contributed by atoms with van der Waals surface area (Å²) in [5.74, 6) is 0.691. The summed E-state index contributed by atoms with van der Waals surface area (Å²) < 4.78 is 5.10. The van der Waals surface area contributed by atoms with Crippen molar-refractivity contribution in [2.45, 2.75) is 31.6 Å². The zero-order chi connectivity index (χ0) is 13.4. The van der Waals surface area contributed by atoms with E-state index in [9.17, 15) is 4.79 Å². The summed E-state index contributed by atoms with van der Waals surface area (Å²) in [5, 5.41) is -0.327. The molecule has 0 aliphatic rings. The SMILES string of the molecule is CCCSC(C(=O)OCC)C(N)c1ccccc1. The maximum absolute atomic E-state index is 11.9. The van der Waals surface area contributed by atoms with Crippen LogP contribution in [0.15, 0.2) is 30.3 Å². The van der Waals surface area contributed by atoms with Crippen molar-refractivity contribution in [3.05, 3.63) is 35.9 Å². The number of esters is 1. The largest absolute Gasteiger partial charge is 0.465 e. The van der Waals surface area contributed by atoms with Gasteiger partial charge in [-0.1, -0.05) is 37.3 Å². The summed E-state index contributed by atoms with van der Waals surface area (Å²) in [7, 11) is 0. The molecule has 0 saturated carbocycles. The summed E-state index contributed by atoms with van der Waals surface area (Å²) in [4.78, 5) is 11.9. The number of nitrogens with two attached hydrogens (primary N) is 1. The highest BCUT2D eigenvalue weighted by Crippen LogP contribution is 2.26. The second kappa shape index (κ2) is 8.16. The first-order valence-electron chi connectivity index (χ1n) is 6.29. The third-order valence-electron chi connectivity index (χ3n) is 2.53. The number of carbonyl (C=O) groups excluding carboxylic acids is 1. The lowest BCUT2D eigenvalue weighted by Gasteiger charge is -2.22. The van der Waals surface area contributed by atoms with Crippen LogP contribution < -0.4 is 5.73 Å². The Morgan fingerprint density at radius 2 is 2.00 bits per heavy atom. The molecule has 0 radical (unpaired) electrons. The third-order valence-corrected chi connectivity index (χ3v) is 4.02.